The number of aromatic nitrogens is 3. The van der Waals surface area contributed by atoms with Crippen molar-refractivity contribution in [1.29, 1.82) is 0 Å². The molecule has 12 aromatic rings. The summed E-state index contributed by atoms with van der Waals surface area (Å²) in [5.41, 5.74) is 12.6. The topological polar surface area (TPSA) is 38.7 Å². The Labute approximate surface area is 356 Å². The van der Waals surface area contributed by atoms with Gasteiger partial charge in [0.2, 0.25) is 0 Å². The van der Waals surface area contributed by atoms with E-state index in [0.717, 1.165) is 44.9 Å². The molecule has 0 unspecified atom stereocenters. The van der Waals surface area contributed by atoms with Crippen LogP contribution >= 0.6 is 11.3 Å². The summed E-state index contributed by atoms with van der Waals surface area (Å²) < 4.78 is 2.50. The van der Waals surface area contributed by atoms with Crippen LogP contribution in [0.15, 0.2) is 212 Å². The third kappa shape index (κ3) is 6.07. The van der Waals surface area contributed by atoms with E-state index in [9.17, 15) is 0 Å². The second kappa shape index (κ2) is 14.5. The highest BCUT2D eigenvalue weighted by atomic mass is 32.1. The van der Waals surface area contributed by atoms with E-state index in [4.69, 9.17) is 15.0 Å². The maximum atomic E-state index is 5.54. The molecule has 3 heterocycles. The van der Waals surface area contributed by atoms with Gasteiger partial charge in [-0.2, -0.15) is 0 Å². The lowest BCUT2D eigenvalue weighted by atomic mass is 9.91. The van der Waals surface area contributed by atoms with E-state index < -0.39 is 0 Å². The Kier molecular flexibility index (Phi) is 8.36. The average Bonchev–Trinajstić information content (AvgIpc) is 3.74. The number of hydrogen-bond donors (Lipinski definition) is 0. The monoisotopic (exact) mass is 793 g/mol. The van der Waals surface area contributed by atoms with E-state index in [2.05, 4.69) is 200 Å². The number of rotatable bonds is 6. The summed E-state index contributed by atoms with van der Waals surface area (Å²) >= 11 is 1.86. The van der Waals surface area contributed by atoms with Crippen molar-refractivity contribution in [2.45, 2.75) is 0 Å². The Balaban J connectivity index is 1.01. The minimum atomic E-state index is 0.680. The van der Waals surface area contributed by atoms with E-state index in [-0.39, 0.29) is 0 Å². The zero-order valence-corrected chi connectivity index (χ0v) is 33.8. The van der Waals surface area contributed by atoms with Crippen molar-refractivity contribution in [3.8, 4) is 67.4 Å². The quantitative estimate of drug-likeness (QED) is 0.157. The first-order valence-electron chi connectivity index (χ1n) is 20.6. The van der Waals surface area contributed by atoms with E-state index >= 15 is 0 Å². The van der Waals surface area contributed by atoms with Crippen molar-refractivity contribution < 1.29 is 0 Å². The van der Waals surface area contributed by atoms with Crippen molar-refractivity contribution in [1.82, 2.24) is 15.0 Å². The number of fused-ring (bicyclic) bond motifs is 8. The third-order valence-electron chi connectivity index (χ3n) is 11.9. The van der Waals surface area contributed by atoms with Crippen molar-refractivity contribution >= 4 is 64.0 Å². The Morgan fingerprint density at radius 3 is 1.64 bits per heavy atom. The van der Waals surface area contributed by atoms with Gasteiger partial charge in [-0.25, -0.2) is 15.0 Å². The second-order valence-electron chi connectivity index (χ2n) is 15.5. The van der Waals surface area contributed by atoms with Crippen LogP contribution in [0.5, 0.6) is 0 Å². The summed E-state index contributed by atoms with van der Waals surface area (Å²) in [5.74, 6) is 0.680. The number of nitrogens with zero attached hydrogens (tertiary/aromatic N) is 3. The minimum absolute atomic E-state index is 0.680. The van der Waals surface area contributed by atoms with E-state index in [0.29, 0.717) is 5.82 Å². The zero-order valence-electron chi connectivity index (χ0n) is 33.0. The summed E-state index contributed by atoms with van der Waals surface area (Å²) in [4.78, 5) is 15.9. The molecule has 0 bridgehead atoms. The fourth-order valence-corrected chi connectivity index (χ4v) is 10.2. The Morgan fingerprint density at radius 1 is 0.328 bits per heavy atom. The molecule has 4 heteroatoms. The van der Waals surface area contributed by atoms with Crippen molar-refractivity contribution in [2.75, 3.05) is 0 Å². The zero-order chi connectivity index (χ0) is 40.3. The van der Waals surface area contributed by atoms with E-state index in [1.54, 1.807) is 0 Å². The number of thiophene rings is 1. The van der Waals surface area contributed by atoms with Crippen molar-refractivity contribution in [3.63, 3.8) is 0 Å². The summed E-state index contributed by atoms with van der Waals surface area (Å²) in [6, 6.07) is 75.4. The van der Waals surface area contributed by atoms with Gasteiger partial charge in [-0.1, -0.05) is 188 Å². The van der Waals surface area contributed by atoms with Crippen LogP contribution < -0.4 is 0 Å². The molecule has 12 rings (SSSR count). The molecule has 61 heavy (non-hydrogen) atoms. The van der Waals surface area contributed by atoms with Gasteiger partial charge in [-0.3, -0.25) is 0 Å². The van der Waals surface area contributed by atoms with Gasteiger partial charge in [0.15, 0.2) is 5.82 Å². The molecular formula is C57H35N3S. The van der Waals surface area contributed by atoms with Crippen LogP contribution in [0.1, 0.15) is 0 Å². The lowest BCUT2D eigenvalue weighted by molar-refractivity contribution is 1.18. The first-order valence-corrected chi connectivity index (χ1v) is 21.4. The molecule has 0 N–H and O–H groups in total. The molecule has 0 fully saturated rings. The second-order valence-corrected chi connectivity index (χ2v) is 16.6. The molecule has 284 valence electrons. The van der Waals surface area contributed by atoms with Crippen LogP contribution in [0.2, 0.25) is 0 Å². The molecule has 0 atom stereocenters. The van der Waals surface area contributed by atoms with Crippen LogP contribution in [0, 0.1) is 0 Å². The smallest absolute Gasteiger partial charge is 0.160 e. The van der Waals surface area contributed by atoms with Gasteiger partial charge in [0.25, 0.3) is 0 Å². The van der Waals surface area contributed by atoms with E-state index in [1.807, 2.05) is 23.5 Å². The first-order chi connectivity index (χ1) is 30.2. The van der Waals surface area contributed by atoms with Gasteiger partial charge >= 0.3 is 0 Å². The largest absolute Gasteiger partial charge is 0.247 e. The molecule has 9 aromatic carbocycles. The number of pyridine rings is 1. The molecule has 0 radical (unpaired) electrons. The maximum Gasteiger partial charge on any atom is 0.160 e. The van der Waals surface area contributed by atoms with Crippen LogP contribution in [0.3, 0.4) is 0 Å². The van der Waals surface area contributed by atoms with Crippen LogP contribution in [0.25, 0.3) is 120 Å². The van der Waals surface area contributed by atoms with E-state index in [1.165, 1.54) is 69.4 Å². The molecule has 0 amide bonds. The third-order valence-corrected chi connectivity index (χ3v) is 13.1. The van der Waals surface area contributed by atoms with Crippen LogP contribution in [0.4, 0.5) is 0 Å². The van der Waals surface area contributed by atoms with Gasteiger partial charge < -0.3 is 0 Å². The fourth-order valence-electron chi connectivity index (χ4n) is 8.94. The van der Waals surface area contributed by atoms with Crippen LogP contribution in [-0.2, 0) is 0 Å². The predicted molar refractivity (Wildman–Crippen MR) is 258 cm³/mol. The summed E-state index contributed by atoms with van der Waals surface area (Å²) in [5, 5.41) is 8.60. The molecule has 0 saturated carbocycles. The Bertz CT molecular complexity index is 3610. The SMILES string of the molecule is c1ccc(-c2ccc(-c3cc(-c4ccccc4)nc(-c4ccc(-c5nc6cccc(-c7cc8ccccc8c8ccccc78)c6c6sc7ccccc7c56)cc4)n3)cc2)cc1. The fraction of sp³-hybridized carbons (Fsp3) is 0. The molecule has 0 aliphatic heterocycles. The van der Waals surface area contributed by atoms with Gasteiger partial charge in [-0.15, -0.1) is 11.3 Å². The lowest BCUT2D eigenvalue weighted by Crippen LogP contribution is -1.96. The van der Waals surface area contributed by atoms with Gasteiger partial charge in [-0.05, 0) is 68.1 Å². The lowest BCUT2D eigenvalue weighted by Gasteiger charge is -2.15. The molecule has 3 nitrogen and oxygen atoms in total. The Morgan fingerprint density at radius 2 is 0.885 bits per heavy atom. The summed E-state index contributed by atoms with van der Waals surface area (Å²) in [7, 11) is 0. The molecular weight excluding hydrogens is 759 g/mol. The normalized spacial score (nSPS) is 11.6. The van der Waals surface area contributed by atoms with Gasteiger partial charge in [0.05, 0.1) is 22.6 Å². The minimum Gasteiger partial charge on any atom is -0.247 e. The molecule has 0 spiro atoms. The van der Waals surface area contributed by atoms with Crippen molar-refractivity contribution in [2.24, 2.45) is 0 Å². The highest BCUT2D eigenvalue weighted by Gasteiger charge is 2.21. The maximum absolute atomic E-state index is 5.54. The average molecular weight is 794 g/mol. The first kappa shape index (κ1) is 35.2. The molecule has 0 aliphatic rings. The standard InChI is InChI=1S/C57H35N3S/c1-3-14-36(15-4-1)37-26-28-39(29-27-37)51-35-50(38-16-5-2-6-17-38)59-57(60-51)41-32-30-40(31-33-41)55-54-47-22-11-12-25-52(47)61-56(54)53-46(23-13-24-49(53)58-55)48-34-42-18-7-8-19-43(42)44-20-9-10-21-45(44)48/h1-35H. The van der Waals surface area contributed by atoms with Gasteiger partial charge in [0, 0.05) is 47.8 Å². The molecule has 3 aromatic heterocycles. The molecule has 0 aliphatic carbocycles. The van der Waals surface area contributed by atoms with Crippen molar-refractivity contribution in [3.05, 3.63) is 212 Å². The summed E-state index contributed by atoms with van der Waals surface area (Å²) in [6.07, 6.45) is 0. The highest BCUT2D eigenvalue weighted by molar-refractivity contribution is 7.26. The number of hydrogen-bond acceptors (Lipinski definition) is 4. The highest BCUT2D eigenvalue weighted by Crippen LogP contribution is 2.47. The van der Waals surface area contributed by atoms with Crippen LogP contribution in [-0.4, -0.2) is 15.0 Å². The summed E-state index contributed by atoms with van der Waals surface area (Å²) in [6.45, 7) is 0. The number of benzene rings is 9. The predicted octanol–water partition coefficient (Wildman–Crippen LogP) is 15.7. The van der Waals surface area contributed by atoms with Gasteiger partial charge in [0.1, 0.15) is 0 Å². The Hall–Kier alpha value is -7.79. The molecule has 0 saturated heterocycles.